The second-order valence-corrected chi connectivity index (χ2v) is 8.39. The van der Waals surface area contributed by atoms with Crippen LogP contribution in [0.15, 0.2) is 42.5 Å². The van der Waals surface area contributed by atoms with Gasteiger partial charge in [-0.3, -0.25) is 5.32 Å². The van der Waals surface area contributed by atoms with E-state index in [1.807, 2.05) is 30.3 Å². The minimum absolute atomic E-state index is 0.331. The van der Waals surface area contributed by atoms with Crippen molar-refractivity contribution in [2.45, 2.75) is 12.8 Å². The molecule has 0 aliphatic rings. The topological polar surface area (TPSA) is 95.6 Å². The Balaban J connectivity index is 1.23. The number of hydrogen-bond donors (Lipinski definition) is 3. The molecule has 10 heteroatoms. The molecule has 7 nitrogen and oxygen atoms in total. The number of aromatic nitrogens is 4. The van der Waals surface area contributed by atoms with Crippen LogP contribution < -0.4 is 10.6 Å². The number of fused-ring (bicyclic) bond motifs is 1. The Kier molecular flexibility index (Phi) is 5.94. The van der Waals surface area contributed by atoms with Crippen molar-refractivity contribution >= 4 is 57.4 Å². The molecule has 3 aromatic heterocycles. The number of nitrogens with one attached hydrogen (secondary N) is 3. The number of nitrogens with zero attached hydrogens (tertiary/aromatic N) is 3. The summed E-state index contributed by atoms with van der Waals surface area (Å²) < 4.78 is 0.690. The van der Waals surface area contributed by atoms with Gasteiger partial charge in [-0.1, -0.05) is 23.2 Å². The highest BCUT2D eigenvalue weighted by molar-refractivity contribution is 7.19. The van der Waals surface area contributed by atoms with E-state index in [1.54, 1.807) is 12.1 Å². The van der Waals surface area contributed by atoms with Gasteiger partial charge < -0.3 is 10.3 Å². The normalized spacial score (nSPS) is 11.0. The molecule has 0 bridgehead atoms. The lowest BCUT2D eigenvalue weighted by Gasteiger charge is -2.06. The Bertz CT molecular complexity index is 1140. The number of hydrogen-bond acceptors (Lipinski definition) is 5. The summed E-state index contributed by atoms with van der Waals surface area (Å²) in [5.74, 6) is 1.24. The third kappa shape index (κ3) is 5.03. The number of aryl methyl sites for hydroxylation is 1. The average Bonchev–Trinajstić information content (AvgIpc) is 3.31. The van der Waals surface area contributed by atoms with Crippen LogP contribution in [0.3, 0.4) is 0 Å². The second kappa shape index (κ2) is 8.77. The third-order valence-corrected chi connectivity index (χ3v) is 5.59. The van der Waals surface area contributed by atoms with Gasteiger partial charge in [0.25, 0.3) is 0 Å². The summed E-state index contributed by atoms with van der Waals surface area (Å²) in [7, 11) is 0. The summed E-state index contributed by atoms with van der Waals surface area (Å²) in [4.78, 5) is 20.7. The van der Waals surface area contributed by atoms with E-state index in [-0.39, 0.29) is 6.03 Å². The number of H-pyrrole nitrogens is 1. The van der Waals surface area contributed by atoms with Crippen LogP contribution in [0.1, 0.15) is 12.2 Å². The molecule has 3 N–H and O–H groups in total. The van der Waals surface area contributed by atoms with Crippen LogP contribution in [-0.2, 0) is 6.42 Å². The van der Waals surface area contributed by atoms with Gasteiger partial charge >= 0.3 is 6.03 Å². The van der Waals surface area contributed by atoms with Crippen LogP contribution in [0.4, 0.5) is 10.6 Å². The first-order chi connectivity index (χ1) is 14.1. The molecule has 1 aromatic carbocycles. The lowest BCUT2D eigenvalue weighted by molar-refractivity contribution is 0.252. The Morgan fingerprint density at radius 3 is 2.76 bits per heavy atom. The highest BCUT2D eigenvalue weighted by Crippen LogP contribution is 2.29. The van der Waals surface area contributed by atoms with E-state index in [4.69, 9.17) is 23.2 Å². The molecule has 0 fully saturated rings. The van der Waals surface area contributed by atoms with Gasteiger partial charge in [0.15, 0.2) is 5.82 Å². The van der Waals surface area contributed by atoms with Gasteiger partial charge in [0.05, 0.1) is 20.2 Å². The quantitative estimate of drug-likeness (QED) is 0.357. The number of amides is 2. The van der Waals surface area contributed by atoms with Crippen LogP contribution >= 0.6 is 34.5 Å². The molecule has 4 aromatic rings. The number of carbonyl (C=O) groups excluding carboxylic acids is 1. The highest BCUT2D eigenvalue weighted by Gasteiger charge is 2.07. The number of anilines is 1. The van der Waals surface area contributed by atoms with E-state index < -0.39 is 0 Å². The predicted molar refractivity (Wildman–Crippen MR) is 117 cm³/mol. The van der Waals surface area contributed by atoms with Gasteiger partial charge in [0.1, 0.15) is 11.5 Å². The largest absolute Gasteiger partial charge is 0.342 e. The number of aromatic amines is 1. The molecule has 3 heterocycles. The molecular weight excluding hydrogens is 431 g/mol. The van der Waals surface area contributed by atoms with Gasteiger partial charge in [0, 0.05) is 18.0 Å². The van der Waals surface area contributed by atoms with E-state index in [0.717, 1.165) is 28.2 Å². The fraction of sp³-hybridized carbons (Fsp3) is 0.158. The molecule has 0 saturated carbocycles. The van der Waals surface area contributed by atoms with Crippen LogP contribution in [0, 0.1) is 0 Å². The Labute approximate surface area is 180 Å². The summed E-state index contributed by atoms with van der Waals surface area (Å²) in [5, 5.41) is 14.3. The maximum Gasteiger partial charge on any atom is 0.320 e. The zero-order valence-electron chi connectivity index (χ0n) is 15.1. The second-order valence-electron chi connectivity index (χ2n) is 6.24. The summed E-state index contributed by atoms with van der Waals surface area (Å²) >= 11 is 13.3. The summed E-state index contributed by atoms with van der Waals surface area (Å²) in [6.45, 7) is 0.503. The lowest BCUT2D eigenvalue weighted by atomic mass is 10.3. The monoisotopic (exact) mass is 446 g/mol. The number of imidazole rings is 1. The third-order valence-electron chi connectivity index (χ3n) is 4.10. The molecule has 0 aliphatic carbocycles. The molecule has 148 valence electrons. The van der Waals surface area contributed by atoms with E-state index in [0.29, 0.717) is 33.8 Å². The van der Waals surface area contributed by atoms with Crippen molar-refractivity contribution in [1.82, 2.24) is 25.5 Å². The number of benzene rings is 1. The van der Waals surface area contributed by atoms with Gasteiger partial charge in [-0.2, -0.15) is 0 Å². The standard InChI is InChI=1S/C19H16Cl2N6OS/c20-11-3-4-12-14(10-11)24-17(23-12)2-1-9-22-19(28)25-18-8-5-13(26-27-18)15-6-7-16(21)29-15/h3-8,10H,1-2,9H2,(H,23,24)(H2,22,25,27,28). The van der Waals surface area contributed by atoms with Crippen molar-refractivity contribution in [2.75, 3.05) is 11.9 Å². The van der Waals surface area contributed by atoms with Crippen molar-refractivity contribution in [1.29, 1.82) is 0 Å². The number of rotatable bonds is 6. The number of thiophene rings is 1. The first kappa shape index (κ1) is 19.6. The fourth-order valence-corrected chi connectivity index (χ4v) is 3.93. The minimum atomic E-state index is -0.331. The van der Waals surface area contributed by atoms with Crippen molar-refractivity contribution in [3.8, 4) is 10.6 Å². The highest BCUT2D eigenvalue weighted by atomic mass is 35.5. The Morgan fingerprint density at radius 2 is 2.00 bits per heavy atom. The molecule has 0 radical (unpaired) electrons. The van der Waals surface area contributed by atoms with E-state index in [9.17, 15) is 4.79 Å². The maximum absolute atomic E-state index is 12.0. The van der Waals surface area contributed by atoms with Crippen LogP contribution in [0.2, 0.25) is 9.36 Å². The molecule has 0 saturated heterocycles. The SMILES string of the molecule is O=C(NCCCc1nc2ccc(Cl)cc2[nH]1)Nc1ccc(-c2ccc(Cl)s2)nn1. The van der Waals surface area contributed by atoms with E-state index >= 15 is 0 Å². The summed E-state index contributed by atoms with van der Waals surface area (Å²) in [6.07, 6.45) is 1.45. The van der Waals surface area contributed by atoms with Gasteiger partial charge in [-0.15, -0.1) is 21.5 Å². The summed E-state index contributed by atoms with van der Waals surface area (Å²) in [6, 6.07) is 12.4. The molecule has 0 atom stereocenters. The van der Waals surface area contributed by atoms with Gasteiger partial charge in [0.2, 0.25) is 0 Å². The van der Waals surface area contributed by atoms with Crippen LogP contribution in [-0.4, -0.2) is 32.7 Å². The molecule has 0 spiro atoms. The molecule has 4 rings (SSSR count). The molecule has 2 amide bonds. The maximum atomic E-state index is 12.0. The molecule has 0 unspecified atom stereocenters. The smallest absolute Gasteiger partial charge is 0.320 e. The van der Waals surface area contributed by atoms with Gasteiger partial charge in [-0.05, 0) is 48.9 Å². The average molecular weight is 447 g/mol. The van der Waals surface area contributed by atoms with Crippen LogP contribution in [0.5, 0.6) is 0 Å². The number of carbonyl (C=O) groups is 1. The van der Waals surface area contributed by atoms with E-state index in [1.165, 1.54) is 11.3 Å². The lowest BCUT2D eigenvalue weighted by Crippen LogP contribution is -2.30. The van der Waals surface area contributed by atoms with Crippen molar-refractivity contribution in [3.63, 3.8) is 0 Å². The van der Waals surface area contributed by atoms with Crippen LogP contribution in [0.25, 0.3) is 21.6 Å². The van der Waals surface area contributed by atoms with Crippen molar-refractivity contribution < 1.29 is 4.79 Å². The van der Waals surface area contributed by atoms with Crippen molar-refractivity contribution in [2.24, 2.45) is 0 Å². The number of urea groups is 1. The Morgan fingerprint density at radius 1 is 1.10 bits per heavy atom. The Hall–Kier alpha value is -2.68. The first-order valence-corrected chi connectivity index (χ1v) is 10.4. The minimum Gasteiger partial charge on any atom is -0.342 e. The zero-order chi connectivity index (χ0) is 20.2. The van der Waals surface area contributed by atoms with Crippen molar-refractivity contribution in [3.05, 3.63) is 57.6 Å². The zero-order valence-corrected chi connectivity index (χ0v) is 17.4. The van der Waals surface area contributed by atoms with Gasteiger partial charge in [-0.25, -0.2) is 9.78 Å². The van der Waals surface area contributed by atoms with E-state index in [2.05, 4.69) is 30.8 Å². The fourth-order valence-electron chi connectivity index (χ4n) is 2.75. The molecular formula is C19H16Cl2N6OS. The number of halogens is 2. The first-order valence-electron chi connectivity index (χ1n) is 8.85. The molecule has 29 heavy (non-hydrogen) atoms. The summed E-state index contributed by atoms with van der Waals surface area (Å²) in [5.41, 5.74) is 2.49. The predicted octanol–water partition coefficient (Wildman–Crippen LogP) is 5.14. The molecule has 0 aliphatic heterocycles.